The Morgan fingerprint density at radius 3 is 2.40 bits per heavy atom. The van der Waals surface area contributed by atoms with E-state index in [-0.39, 0.29) is 9.80 Å². The molecule has 5 aromatic rings. The standard InChI is InChI=1S/C32H24ClN3O3S/c1-23-10-16-30(17-11-23)40(37,38)31(20-34)19-26-21-36(28-7-3-2-4-8-28)35-32(26)25-6-5-9-29(18-25)39-22-24-12-14-27(33)15-13-24/h2-19,21H,22H2,1H3. The Balaban J connectivity index is 1.55. The summed E-state index contributed by atoms with van der Waals surface area (Å²) in [5.74, 6) is 0.615. The van der Waals surface area contributed by atoms with Crippen LogP contribution < -0.4 is 4.74 Å². The minimum atomic E-state index is -4.04. The van der Waals surface area contributed by atoms with E-state index >= 15 is 0 Å². The summed E-state index contributed by atoms with van der Waals surface area (Å²) in [6, 6.07) is 32.6. The number of nitrogens with zero attached hydrogens (tertiary/aromatic N) is 3. The number of rotatable bonds is 8. The molecule has 0 amide bonds. The van der Waals surface area contributed by atoms with Crippen molar-refractivity contribution in [1.82, 2.24) is 9.78 Å². The lowest BCUT2D eigenvalue weighted by atomic mass is 10.1. The van der Waals surface area contributed by atoms with Gasteiger partial charge < -0.3 is 4.74 Å². The highest BCUT2D eigenvalue weighted by Crippen LogP contribution is 2.30. The lowest BCUT2D eigenvalue weighted by Gasteiger charge is -2.08. The van der Waals surface area contributed by atoms with E-state index in [0.29, 0.717) is 34.2 Å². The number of hydrogen-bond acceptors (Lipinski definition) is 5. The molecule has 0 aliphatic rings. The Labute approximate surface area is 238 Å². The van der Waals surface area contributed by atoms with Gasteiger partial charge in [-0.25, -0.2) is 13.1 Å². The molecule has 0 spiro atoms. The number of aromatic nitrogens is 2. The smallest absolute Gasteiger partial charge is 0.216 e. The molecular formula is C32H24ClN3O3S. The zero-order valence-electron chi connectivity index (χ0n) is 21.5. The fraction of sp³-hybridized carbons (Fsp3) is 0.0625. The third-order valence-corrected chi connectivity index (χ3v) is 8.14. The van der Waals surface area contributed by atoms with Gasteiger partial charge in [-0.1, -0.05) is 71.8 Å². The summed E-state index contributed by atoms with van der Waals surface area (Å²) in [7, 11) is -4.04. The van der Waals surface area contributed by atoms with E-state index in [4.69, 9.17) is 21.4 Å². The number of aryl methyl sites for hydroxylation is 1. The van der Waals surface area contributed by atoms with Crippen molar-refractivity contribution in [3.63, 3.8) is 0 Å². The van der Waals surface area contributed by atoms with E-state index in [1.807, 2.05) is 91.9 Å². The second-order valence-corrected chi connectivity index (χ2v) is 11.4. The molecule has 0 saturated heterocycles. The Morgan fingerprint density at radius 1 is 0.975 bits per heavy atom. The number of allylic oxidation sites excluding steroid dienone is 1. The highest BCUT2D eigenvalue weighted by atomic mass is 35.5. The Kier molecular flexibility index (Phi) is 7.83. The molecule has 0 N–H and O–H groups in total. The van der Waals surface area contributed by atoms with Gasteiger partial charge in [-0.3, -0.25) is 0 Å². The van der Waals surface area contributed by atoms with E-state index in [0.717, 1.165) is 16.8 Å². The second-order valence-electron chi connectivity index (χ2n) is 9.09. The van der Waals surface area contributed by atoms with Gasteiger partial charge in [0.25, 0.3) is 0 Å². The van der Waals surface area contributed by atoms with Crippen LogP contribution in [-0.4, -0.2) is 18.2 Å². The van der Waals surface area contributed by atoms with Gasteiger partial charge in [0.15, 0.2) is 0 Å². The van der Waals surface area contributed by atoms with Crippen molar-refractivity contribution in [2.75, 3.05) is 0 Å². The third-order valence-electron chi connectivity index (χ3n) is 6.21. The SMILES string of the molecule is Cc1ccc(S(=O)(=O)C(C#N)=Cc2cn(-c3ccccc3)nc2-c2cccc(OCc3ccc(Cl)cc3)c2)cc1. The van der Waals surface area contributed by atoms with Gasteiger partial charge >= 0.3 is 0 Å². The van der Waals surface area contributed by atoms with E-state index < -0.39 is 9.84 Å². The Morgan fingerprint density at radius 2 is 1.70 bits per heavy atom. The lowest BCUT2D eigenvalue weighted by molar-refractivity contribution is 0.306. The van der Waals surface area contributed by atoms with Crippen molar-refractivity contribution in [1.29, 1.82) is 5.26 Å². The molecule has 0 unspecified atom stereocenters. The molecule has 6 nitrogen and oxygen atoms in total. The molecule has 0 saturated carbocycles. The fourth-order valence-corrected chi connectivity index (χ4v) is 5.34. The van der Waals surface area contributed by atoms with Crippen molar-refractivity contribution in [2.24, 2.45) is 0 Å². The van der Waals surface area contributed by atoms with Gasteiger partial charge in [-0.2, -0.15) is 10.4 Å². The summed E-state index contributed by atoms with van der Waals surface area (Å²) in [6.45, 7) is 2.22. The topological polar surface area (TPSA) is 85.0 Å². The molecule has 198 valence electrons. The average molecular weight is 566 g/mol. The summed E-state index contributed by atoms with van der Waals surface area (Å²) >= 11 is 5.98. The van der Waals surface area contributed by atoms with Gasteiger partial charge in [0, 0.05) is 22.3 Å². The first-order chi connectivity index (χ1) is 19.3. The summed E-state index contributed by atoms with van der Waals surface area (Å²) in [4.78, 5) is -0.319. The number of benzene rings is 4. The van der Waals surface area contributed by atoms with E-state index in [9.17, 15) is 13.7 Å². The van der Waals surface area contributed by atoms with Crippen LogP contribution in [0, 0.1) is 18.3 Å². The van der Waals surface area contributed by atoms with E-state index in [1.165, 1.54) is 18.2 Å². The Bertz CT molecular complexity index is 1820. The molecule has 0 bridgehead atoms. The molecule has 0 fully saturated rings. The highest BCUT2D eigenvalue weighted by molar-refractivity contribution is 7.95. The maximum Gasteiger partial charge on any atom is 0.216 e. The van der Waals surface area contributed by atoms with Crippen molar-refractivity contribution in [3.8, 4) is 28.8 Å². The van der Waals surface area contributed by atoms with Gasteiger partial charge in [0.05, 0.1) is 10.6 Å². The summed E-state index contributed by atoms with van der Waals surface area (Å²) in [6.07, 6.45) is 3.09. The largest absolute Gasteiger partial charge is 0.489 e. The predicted molar refractivity (Wildman–Crippen MR) is 157 cm³/mol. The number of para-hydroxylation sites is 1. The highest BCUT2D eigenvalue weighted by Gasteiger charge is 2.22. The van der Waals surface area contributed by atoms with Crippen molar-refractivity contribution in [3.05, 3.63) is 136 Å². The zero-order valence-corrected chi connectivity index (χ0v) is 23.1. The van der Waals surface area contributed by atoms with Crippen LogP contribution in [0.4, 0.5) is 0 Å². The van der Waals surface area contributed by atoms with Crippen LogP contribution in [0.15, 0.2) is 119 Å². The fourth-order valence-electron chi connectivity index (χ4n) is 4.07. The summed E-state index contributed by atoms with van der Waals surface area (Å²) in [5.41, 5.74) is 4.37. The number of sulfone groups is 1. The first-order valence-corrected chi connectivity index (χ1v) is 14.3. The van der Waals surface area contributed by atoms with Gasteiger partial charge in [-0.15, -0.1) is 0 Å². The lowest BCUT2D eigenvalue weighted by Crippen LogP contribution is -2.03. The van der Waals surface area contributed by atoms with Crippen LogP contribution in [0.5, 0.6) is 5.75 Å². The number of hydrogen-bond donors (Lipinski definition) is 0. The molecule has 8 heteroatoms. The normalized spacial score (nSPS) is 11.7. The molecular weight excluding hydrogens is 542 g/mol. The van der Waals surface area contributed by atoms with Crippen LogP contribution in [0.2, 0.25) is 5.02 Å². The summed E-state index contributed by atoms with van der Waals surface area (Å²) in [5, 5.41) is 15.3. The molecule has 1 aromatic heterocycles. The van der Waals surface area contributed by atoms with Gasteiger partial charge in [0.2, 0.25) is 9.84 Å². The van der Waals surface area contributed by atoms with Gasteiger partial charge in [0.1, 0.15) is 29.0 Å². The van der Waals surface area contributed by atoms with Crippen LogP contribution in [0.1, 0.15) is 16.7 Å². The third kappa shape index (κ3) is 5.99. The minimum absolute atomic E-state index is 0.0560. The molecule has 0 radical (unpaired) electrons. The predicted octanol–water partition coefficient (Wildman–Crippen LogP) is 7.42. The molecule has 1 heterocycles. The second kappa shape index (κ2) is 11.6. The van der Waals surface area contributed by atoms with Crippen LogP contribution in [0.3, 0.4) is 0 Å². The number of halogens is 1. The van der Waals surface area contributed by atoms with Gasteiger partial charge in [-0.05, 0) is 67.1 Å². The molecule has 0 aliphatic carbocycles. The van der Waals surface area contributed by atoms with E-state index in [2.05, 4.69) is 0 Å². The van der Waals surface area contributed by atoms with Crippen molar-refractivity contribution < 1.29 is 13.2 Å². The molecule has 5 rings (SSSR count). The number of nitriles is 1. The first kappa shape index (κ1) is 26.9. The zero-order chi connectivity index (χ0) is 28.1. The van der Waals surface area contributed by atoms with Crippen molar-refractivity contribution in [2.45, 2.75) is 18.4 Å². The summed E-state index contributed by atoms with van der Waals surface area (Å²) < 4.78 is 34.4. The monoisotopic (exact) mass is 565 g/mol. The maximum absolute atomic E-state index is 13.4. The Hall–Kier alpha value is -4.64. The minimum Gasteiger partial charge on any atom is -0.489 e. The number of ether oxygens (including phenoxy) is 1. The quantitative estimate of drug-likeness (QED) is 0.183. The van der Waals surface area contributed by atoms with Crippen LogP contribution >= 0.6 is 11.6 Å². The van der Waals surface area contributed by atoms with E-state index in [1.54, 1.807) is 23.0 Å². The molecule has 40 heavy (non-hydrogen) atoms. The van der Waals surface area contributed by atoms with Crippen LogP contribution in [0.25, 0.3) is 23.0 Å². The molecule has 4 aromatic carbocycles. The molecule has 0 aliphatic heterocycles. The van der Waals surface area contributed by atoms with Crippen molar-refractivity contribution >= 4 is 27.5 Å². The average Bonchev–Trinajstić information content (AvgIpc) is 3.40. The van der Waals surface area contributed by atoms with Crippen LogP contribution in [-0.2, 0) is 16.4 Å². The maximum atomic E-state index is 13.4. The first-order valence-electron chi connectivity index (χ1n) is 12.4. The molecule has 0 atom stereocenters.